The molecular weight excluding hydrogens is 407 g/mol. The summed E-state index contributed by atoms with van der Waals surface area (Å²) in [6, 6.07) is 4.87. The summed E-state index contributed by atoms with van der Waals surface area (Å²) >= 11 is 1.50. The zero-order valence-corrected chi connectivity index (χ0v) is 16.6. The smallest absolute Gasteiger partial charge is 0.377 e. The Morgan fingerprint density at radius 1 is 1.24 bits per heavy atom. The molecule has 156 valence electrons. The number of hydrogen-bond donors (Lipinski definition) is 0. The summed E-state index contributed by atoms with van der Waals surface area (Å²) in [5.41, 5.74) is 1.41. The summed E-state index contributed by atoms with van der Waals surface area (Å²) in [5.74, 6) is -1.98. The molecule has 1 atom stereocenters. The second kappa shape index (κ2) is 7.67. The molecule has 6 nitrogen and oxygen atoms in total. The Morgan fingerprint density at radius 2 is 2.00 bits per heavy atom. The normalized spacial score (nSPS) is 25.4. The number of carbonyl (C=O) groups is 1. The van der Waals surface area contributed by atoms with Gasteiger partial charge in [-0.3, -0.25) is 9.69 Å². The predicted octanol–water partition coefficient (Wildman–Crippen LogP) is 2.82. The topological polar surface area (TPSA) is 54.9 Å². The molecule has 0 saturated carbocycles. The Balaban J connectivity index is 1.62. The van der Waals surface area contributed by atoms with E-state index in [1.165, 1.54) is 23.5 Å². The second-order valence-corrected chi connectivity index (χ2v) is 8.23. The Kier molecular flexibility index (Phi) is 5.36. The number of halogens is 3. The van der Waals surface area contributed by atoms with Gasteiger partial charge in [-0.1, -0.05) is 0 Å². The van der Waals surface area contributed by atoms with Gasteiger partial charge in [0.25, 0.3) is 0 Å². The molecule has 2 aliphatic rings. The van der Waals surface area contributed by atoms with Crippen LogP contribution in [-0.4, -0.2) is 60.3 Å². The molecule has 2 saturated heterocycles. The number of rotatable bonds is 3. The molecule has 1 aromatic heterocycles. The number of aromatic nitrogens is 1. The maximum atomic E-state index is 14.6. The second-order valence-electron chi connectivity index (χ2n) is 7.29. The number of amides is 1. The van der Waals surface area contributed by atoms with Gasteiger partial charge in [0.2, 0.25) is 0 Å². The van der Waals surface area contributed by atoms with Gasteiger partial charge in [-0.2, -0.15) is 8.78 Å². The number of anilines is 1. The number of hydrogen-bond acceptors (Lipinski definition) is 6. The molecule has 4 rings (SSSR count). The average molecular weight is 427 g/mol. The van der Waals surface area contributed by atoms with Gasteiger partial charge < -0.3 is 14.4 Å². The zero-order chi connectivity index (χ0) is 20.6. The van der Waals surface area contributed by atoms with E-state index in [0.717, 1.165) is 27.6 Å². The van der Waals surface area contributed by atoms with Crippen molar-refractivity contribution in [3.8, 4) is 0 Å². The Labute approximate surface area is 169 Å². The maximum Gasteiger partial charge on any atom is 0.437 e. The molecule has 2 aromatic rings. The lowest BCUT2D eigenvalue weighted by Crippen LogP contribution is -2.66. The number of carbonyl (C=O) groups excluding carboxylic acids is 1. The highest BCUT2D eigenvalue weighted by atomic mass is 32.1. The number of benzene rings is 1. The minimum Gasteiger partial charge on any atom is -0.377 e. The van der Waals surface area contributed by atoms with Gasteiger partial charge in [0.05, 0.1) is 31.0 Å². The fourth-order valence-electron chi connectivity index (χ4n) is 3.65. The molecule has 1 aromatic carbocycles. The van der Waals surface area contributed by atoms with Crippen molar-refractivity contribution >= 4 is 22.9 Å². The average Bonchev–Trinajstić information content (AvgIpc) is 2.96. The summed E-state index contributed by atoms with van der Waals surface area (Å²) in [6.07, 6.45) is -4.01. The highest BCUT2D eigenvalue weighted by Crippen LogP contribution is 2.37. The van der Waals surface area contributed by atoms with Crippen molar-refractivity contribution in [2.45, 2.75) is 25.2 Å². The lowest BCUT2D eigenvalue weighted by Gasteiger charge is -2.45. The summed E-state index contributed by atoms with van der Waals surface area (Å²) in [6.45, 7) is 3.29. The van der Waals surface area contributed by atoms with E-state index >= 15 is 0 Å². The first-order chi connectivity index (χ1) is 13.8. The summed E-state index contributed by atoms with van der Waals surface area (Å²) in [7, 11) is 0. The van der Waals surface area contributed by atoms with Crippen LogP contribution in [0.2, 0.25) is 0 Å². The molecule has 0 bridgehead atoms. The highest BCUT2D eigenvalue weighted by Gasteiger charge is 2.58. The van der Waals surface area contributed by atoms with E-state index in [1.54, 1.807) is 5.51 Å². The van der Waals surface area contributed by atoms with Gasteiger partial charge in [0.1, 0.15) is 11.4 Å². The number of nitrogens with zero attached hydrogens (tertiary/aromatic N) is 3. The van der Waals surface area contributed by atoms with Crippen LogP contribution in [0.25, 0.3) is 0 Å². The number of thiazole rings is 1. The molecule has 0 radical (unpaired) electrons. The molecule has 2 fully saturated rings. The Morgan fingerprint density at radius 3 is 2.69 bits per heavy atom. The van der Waals surface area contributed by atoms with E-state index < -0.39 is 23.4 Å². The first kappa shape index (κ1) is 20.3. The number of ether oxygens (including phenoxy) is 2. The molecule has 1 spiro atoms. The van der Waals surface area contributed by atoms with E-state index in [1.807, 2.05) is 11.8 Å². The van der Waals surface area contributed by atoms with E-state index in [2.05, 4.69) is 4.98 Å². The van der Waals surface area contributed by atoms with Gasteiger partial charge >= 0.3 is 12.0 Å². The third-order valence-electron chi connectivity index (χ3n) is 5.06. The van der Waals surface area contributed by atoms with Crippen molar-refractivity contribution in [2.75, 3.05) is 37.7 Å². The molecule has 2 aliphatic heterocycles. The number of morpholine rings is 1. The van der Waals surface area contributed by atoms with Crippen LogP contribution in [-0.2, 0) is 20.8 Å². The summed E-state index contributed by atoms with van der Waals surface area (Å²) in [5, 5.41) is 0. The molecule has 0 N–H and O–H groups in total. The van der Waals surface area contributed by atoms with Crippen molar-refractivity contribution in [1.29, 1.82) is 0 Å². The number of alkyl halides is 2. The monoisotopic (exact) mass is 427 g/mol. The van der Waals surface area contributed by atoms with Crippen LogP contribution in [0.4, 0.5) is 18.9 Å². The van der Waals surface area contributed by atoms with Crippen LogP contribution in [0.1, 0.15) is 10.6 Å². The third kappa shape index (κ3) is 4.16. The highest BCUT2D eigenvalue weighted by molar-refractivity contribution is 7.09. The Bertz CT molecular complexity index is 892. The van der Waals surface area contributed by atoms with Crippen LogP contribution in [0, 0.1) is 12.7 Å². The van der Waals surface area contributed by atoms with Crippen molar-refractivity contribution in [2.24, 2.45) is 0 Å². The third-order valence-corrected chi connectivity index (χ3v) is 5.98. The van der Waals surface area contributed by atoms with Gasteiger partial charge in [-0.15, -0.1) is 11.3 Å². The maximum absolute atomic E-state index is 14.6. The quantitative estimate of drug-likeness (QED) is 0.754. The SMILES string of the molecule is Cc1ncsc1CN1CCOCC2(C1)CN(c1ccc(F)cc1)C(=O)C(F)(F)O2. The summed E-state index contributed by atoms with van der Waals surface area (Å²) < 4.78 is 53.1. The fraction of sp³-hybridized carbons (Fsp3) is 0.474. The summed E-state index contributed by atoms with van der Waals surface area (Å²) in [4.78, 5) is 20.5. The van der Waals surface area contributed by atoms with Crippen LogP contribution in [0.15, 0.2) is 29.8 Å². The van der Waals surface area contributed by atoms with Crippen molar-refractivity contribution in [3.05, 3.63) is 46.2 Å². The standard InChI is InChI=1S/C19H20F3N3O3S/c1-13-16(29-12-23-13)8-24-6-7-27-11-18(9-24)10-25(17(26)19(21,22)28-18)15-4-2-14(20)3-5-15/h2-5,12H,6-11H2,1H3. The fourth-order valence-corrected chi connectivity index (χ4v) is 4.47. The van der Waals surface area contributed by atoms with Crippen LogP contribution >= 0.6 is 11.3 Å². The minimum atomic E-state index is -4.01. The van der Waals surface area contributed by atoms with E-state index in [9.17, 15) is 18.0 Å². The molecule has 1 unspecified atom stereocenters. The van der Waals surface area contributed by atoms with Crippen molar-refractivity contribution in [1.82, 2.24) is 9.88 Å². The zero-order valence-electron chi connectivity index (χ0n) is 15.7. The van der Waals surface area contributed by atoms with Crippen LogP contribution in [0.5, 0.6) is 0 Å². The largest absolute Gasteiger partial charge is 0.437 e. The van der Waals surface area contributed by atoms with E-state index in [4.69, 9.17) is 9.47 Å². The van der Waals surface area contributed by atoms with Gasteiger partial charge in [-0.25, -0.2) is 9.37 Å². The van der Waals surface area contributed by atoms with Gasteiger partial charge in [-0.05, 0) is 31.2 Å². The molecule has 1 amide bonds. The molecular formula is C19H20F3N3O3S. The van der Waals surface area contributed by atoms with E-state index in [0.29, 0.717) is 19.7 Å². The molecule has 0 aliphatic carbocycles. The lowest BCUT2D eigenvalue weighted by atomic mass is 10.00. The van der Waals surface area contributed by atoms with Gasteiger partial charge in [0, 0.05) is 30.2 Å². The first-order valence-electron chi connectivity index (χ1n) is 9.13. The van der Waals surface area contributed by atoms with Crippen LogP contribution < -0.4 is 4.90 Å². The molecule has 29 heavy (non-hydrogen) atoms. The van der Waals surface area contributed by atoms with Crippen molar-refractivity contribution in [3.63, 3.8) is 0 Å². The number of aryl methyl sites for hydroxylation is 1. The van der Waals surface area contributed by atoms with Crippen LogP contribution in [0.3, 0.4) is 0 Å². The minimum absolute atomic E-state index is 0.0776. The van der Waals surface area contributed by atoms with Crippen molar-refractivity contribution < 1.29 is 27.4 Å². The predicted molar refractivity (Wildman–Crippen MR) is 100 cm³/mol. The Hall–Kier alpha value is -2.01. The van der Waals surface area contributed by atoms with Gasteiger partial charge in [0.15, 0.2) is 0 Å². The lowest BCUT2D eigenvalue weighted by molar-refractivity contribution is -0.294. The molecule has 3 heterocycles. The van der Waals surface area contributed by atoms with E-state index in [-0.39, 0.29) is 25.4 Å². The molecule has 10 heteroatoms. The first-order valence-corrected chi connectivity index (χ1v) is 10.0.